The van der Waals surface area contributed by atoms with Crippen LogP contribution in [0.1, 0.15) is 6.92 Å². The van der Waals surface area contributed by atoms with Gasteiger partial charge in [0.05, 0.1) is 12.4 Å². The lowest BCUT2D eigenvalue weighted by Crippen LogP contribution is -2.31. The van der Waals surface area contributed by atoms with E-state index in [0.29, 0.717) is 0 Å². The second-order valence-electron chi connectivity index (χ2n) is 3.59. The van der Waals surface area contributed by atoms with E-state index in [-0.39, 0.29) is 12.1 Å². The van der Waals surface area contributed by atoms with E-state index in [1.54, 1.807) is 7.05 Å². The molecular weight excluding hydrogens is 206 g/mol. The second-order valence-corrected chi connectivity index (χ2v) is 3.59. The molecule has 0 aliphatic carbocycles. The van der Waals surface area contributed by atoms with Gasteiger partial charge in [0.25, 0.3) is 5.91 Å². The van der Waals surface area contributed by atoms with Crippen LogP contribution in [0.4, 0.5) is 0 Å². The van der Waals surface area contributed by atoms with E-state index in [4.69, 9.17) is 0 Å². The molecular formula is C10H21N5O. The number of aliphatic imine (C=N–C) groups is 2. The smallest absolute Gasteiger partial charge is 0.262 e. The van der Waals surface area contributed by atoms with Gasteiger partial charge in [-0.15, -0.1) is 0 Å². The average Bonchev–Trinajstić information content (AvgIpc) is 2.23. The van der Waals surface area contributed by atoms with E-state index in [2.05, 4.69) is 25.5 Å². The summed E-state index contributed by atoms with van der Waals surface area (Å²) in [4.78, 5) is 20.7. The Morgan fingerprint density at radius 1 is 1.50 bits per heavy atom. The highest BCUT2D eigenvalue weighted by atomic mass is 16.1. The number of amides is 1. The Bertz CT molecular complexity index is 250. The monoisotopic (exact) mass is 227 g/mol. The zero-order valence-corrected chi connectivity index (χ0v) is 10.4. The molecule has 92 valence electrons. The van der Waals surface area contributed by atoms with Crippen LogP contribution in [0.25, 0.3) is 0 Å². The molecule has 0 aromatic heterocycles. The van der Waals surface area contributed by atoms with Gasteiger partial charge in [-0.2, -0.15) is 0 Å². The van der Waals surface area contributed by atoms with Crippen LogP contribution in [0.5, 0.6) is 0 Å². The van der Waals surface area contributed by atoms with E-state index >= 15 is 0 Å². The van der Waals surface area contributed by atoms with Gasteiger partial charge in [-0.3, -0.25) is 15.1 Å². The molecule has 6 heteroatoms. The number of nitrogens with one attached hydrogen (secondary N) is 2. The molecule has 0 fully saturated rings. The molecule has 2 N–H and O–H groups in total. The van der Waals surface area contributed by atoms with Crippen molar-refractivity contribution < 1.29 is 4.79 Å². The minimum Gasteiger partial charge on any atom is -0.354 e. The summed E-state index contributed by atoms with van der Waals surface area (Å²) in [6.45, 7) is 3.76. The number of hydrogen-bond acceptors (Lipinski definition) is 4. The molecule has 0 saturated heterocycles. The van der Waals surface area contributed by atoms with Crippen LogP contribution in [-0.2, 0) is 4.79 Å². The number of rotatable bonds is 7. The van der Waals surface area contributed by atoms with Gasteiger partial charge >= 0.3 is 0 Å². The number of hydrogen-bond donors (Lipinski definition) is 2. The molecule has 0 spiro atoms. The molecule has 1 amide bonds. The first-order chi connectivity index (χ1) is 7.56. The van der Waals surface area contributed by atoms with Gasteiger partial charge in [0.2, 0.25) is 0 Å². The Morgan fingerprint density at radius 2 is 2.19 bits per heavy atom. The molecule has 0 aromatic rings. The van der Waals surface area contributed by atoms with Crippen LogP contribution in [0.3, 0.4) is 0 Å². The third-order valence-electron chi connectivity index (χ3n) is 1.79. The van der Waals surface area contributed by atoms with Crippen molar-refractivity contribution in [1.29, 1.82) is 0 Å². The maximum absolute atomic E-state index is 10.8. The molecule has 0 rings (SSSR count). The van der Waals surface area contributed by atoms with Crippen LogP contribution in [0, 0.1) is 0 Å². The van der Waals surface area contributed by atoms with Crippen molar-refractivity contribution in [3.63, 3.8) is 0 Å². The Morgan fingerprint density at radius 3 is 2.75 bits per heavy atom. The number of carbonyl (C=O) groups is 1. The quantitative estimate of drug-likeness (QED) is 0.447. The molecule has 0 saturated carbocycles. The largest absolute Gasteiger partial charge is 0.354 e. The van der Waals surface area contributed by atoms with Gasteiger partial charge in [-0.05, 0) is 21.0 Å². The standard InChI is InChI=1S/C10H21N5O/c1-9(13-5-6-15(3)4)14-8-12-7-10(16)11-2/h7-9,13H,5-6H2,1-4H3,(H,11,16). The van der Waals surface area contributed by atoms with Crippen LogP contribution in [-0.4, -0.2) is 63.8 Å². The van der Waals surface area contributed by atoms with Gasteiger partial charge in [0, 0.05) is 20.1 Å². The number of nitrogens with zero attached hydrogens (tertiary/aromatic N) is 3. The maximum atomic E-state index is 10.8. The Labute approximate surface area is 96.8 Å². The Balaban J connectivity index is 3.69. The third-order valence-corrected chi connectivity index (χ3v) is 1.79. The summed E-state index contributed by atoms with van der Waals surface area (Å²) >= 11 is 0. The lowest BCUT2D eigenvalue weighted by Gasteiger charge is -2.12. The van der Waals surface area contributed by atoms with Gasteiger partial charge < -0.3 is 10.2 Å². The normalized spacial score (nSPS) is 13.8. The summed E-state index contributed by atoms with van der Waals surface area (Å²) in [5, 5.41) is 5.63. The maximum Gasteiger partial charge on any atom is 0.262 e. The van der Waals surface area contributed by atoms with E-state index in [1.807, 2.05) is 21.0 Å². The highest BCUT2D eigenvalue weighted by molar-refractivity contribution is 6.27. The summed E-state index contributed by atoms with van der Waals surface area (Å²) in [6.07, 6.45) is 2.57. The number of likely N-dealkylation sites (N-methyl/N-ethyl adjacent to an activating group) is 1. The van der Waals surface area contributed by atoms with Crippen molar-refractivity contribution in [2.75, 3.05) is 34.2 Å². The van der Waals surface area contributed by atoms with E-state index in [1.165, 1.54) is 12.6 Å². The van der Waals surface area contributed by atoms with Crippen LogP contribution in [0.2, 0.25) is 0 Å². The van der Waals surface area contributed by atoms with Crippen LogP contribution in [0.15, 0.2) is 9.98 Å². The summed E-state index contributed by atoms with van der Waals surface area (Å²) in [6, 6.07) is 0. The van der Waals surface area contributed by atoms with E-state index < -0.39 is 0 Å². The first-order valence-electron chi connectivity index (χ1n) is 5.21. The minimum atomic E-state index is -0.236. The van der Waals surface area contributed by atoms with Gasteiger partial charge in [-0.25, -0.2) is 4.99 Å². The molecule has 0 heterocycles. The molecule has 6 nitrogen and oxygen atoms in total. The van der Waals surface area contributed by atoms with E-state index in [9.17, 15) is 4.79 Å². The molecule has 0 aromatic carbocycles. The highest BCUT2D eigenvalue weighted by Crippen LogP contribution is 1.82. The predicted molar refractivity (Wildman–Crippen MR) is 67.1 cm³/mol. The van der Waals surface area contributed by atoms with Crippen molar-refractivity contribution in [3.05, 3.63) is 0 Å². The molecule has 0 bridgehead atoms. The Hall–Kier alpha value is -1.27. The molecule has 0 aliphatic rings. The topological polar surface area (TPSA) is 69.1 Å². The highest BCUT2D eigenvalue weighted by Gasteiger charge is 1.95. The molecule has 0 aliphatic heterocycles. The van der Waals surface area contributed by atoms with Crippen molar-refractivity contribution in [1.82, 2.24) is 15.5 Å². The molecule has 0 radical (unpaired) electrons. The predicted octanol–water partition coefficient (Wildman–Crippen LogP) is -0.671. The van der Waals surface area contributed by atoms with Crippen molar-refractivity contribution >= 4 is 18.5 Å². The van der Waals surface area contributed by atoms with Crippen LogP contribution < -0.4 is 10.6 Å². The van der Waals surface area contributed by atoms with Crippen molar-refractivity contribution in [2.45, 2.75) is 13.1 Å². The fourth-order valence-corrected chi connectivity index (χ4v) is 0.854. The summed E-state index contributed by atoms with van der Waals surface area (Å²) < 4.78 is 0. The van der Waals surface area contributed by atoms with Crippen molar-refractivity contribution in [2.24, 2.45) is 9.98 Å². The SMILES string of the molecule is CNC(=O)C=NC=NC(C)NCCN(C)C. The molecule has 1 unspecified atom stereocenters. The van der Waals surface area contributed by atoms with Crippen molar-refractivity contribution in [3.8, 4) is 0 Å². The summed E-state index contributed by atoms with van der Waals surface area (Å²) in [7, 11) is 5.59. The number of carbonyl (C=O) groups excluding carboxylic acids is 1. The van der Waals surface area contributed by atoms with Crippen LogP contribution >= 0.6 is 0 Å². The van der Waals surface area contributed by atoms with Gasteiger partial charge in [0.1, 0.15) is 6.34 Å². The lowest BCUT2D eigenvalue weighted by molar-refractivity contribution is -0.113. The first-order valence-corrected chi connectivity index (χ1v) is 5.21. The third kappa shape index (κ3) is 9.29. The molecule has 1 atom stereocenters. The first kappa shape index (κ1) is 14.7. The Kier molecular flexibility index (Phi) is 8.28. The fraction of sp³-hybridized carbons (Fsp3) is 0.700. The zero-order valence-electron chi connectivity index (χ0n) is 10.4. The van der Waals surface area contributed by atoms with E-state index in [0.717, 1.165) is 13.1 Å². The van der Waals surface area contributed by atoms with Gasteiger partial charge in [-0.1, -0.05) is 0 Å². The summed E-state index contributed by atoms with van der Waals surface area (Å²) in [5.74, 6) is -0.236. The second kappa shape index (κ2) is 8.99. The minimum absolute atomic E-state index is 0.00166. The zero-order chi connectivity index (χ0) is 12.4. The van der Waals surface area contributed by atoms with Gasteiger partial charge in [0.15, 0.2) is 0 Å². The lowest BCUT2D eigenvalue weighted by atomic mass is 10.5. The summed E-state index contributed by atoms with van der Waals surface area (Å²) in [5.41, 5.74) is 0. The average molecular weight is 227 g/mol. The molecule has 16 heavy (non-hydrogen) atoms. The fourth-order valence-electron chi connectivity index (χ4n) is 0.854.